The number of ether oxygens (including phenoxy) is 1. The van der Waals surface area contributed by atoms with E-state index in [9.17, 15) is 4.79 Å². The minimum absolute atomic E-state index is 0.295. The SMILES string of the molecule is O=Cc1ccc(Oc2ncccc2Cl)cc1Cl. The third-order valence-corrected chi connectivity index (χ3v) is 2.65. The van der Waals surface area contributed by atoms with Crippen LogP contribution in [0.5, 0.6) is 11.6 Å². The molecule has 0 spiro atoms. The highest BCUT2D eigenvalue weighted by Gasteiger charge is 2.06. The van der Waals surface area contributed by atoms with E-state index < -0.39 is 0 Å². The molecule has 3 nitrogen and oxygen atoms in total. The Hall–Kier alpha value is -1.58. The van der Waals surface area contributed by atoms with Gasteiger partial charge in [-0.25, -0.2) is 4.98 Å². The van der Waals surface area contributed by atoms with Gasteiger partial charge in [0.2, 0.25) is 5.88 Å². The minimum Gasteiger partial charge on any atom is -0.437 e. The first-order valence-electron chi connectivity index (χ1n) is 4.74. The van der Waals surface area contributed by atoms with Gasteiger partial charge < -0.3 is 4.74 Å². The zero-order valence-electron chi connectivity index (χ0n) is 8.56. The molecule has 86 valence electrons. The summed E-state index contributed by atoms with van der Waals surface area (Å²) in [4.78, 5) is 14.6. The number of benzene rings is 1. The number of pyridine rings is 1. The molecule has 0 aliphatic heterocycles. The number of carbonyl (C=O) groups is 1. The van der Waals surface area contributed by atoms with E-state index in [1.807, 2.05) is 0 Å². The lowest BCUT2D eigenvalue weighted by atomic mass is 10.2. The lowest BCUT2D eigenvalue weighted by Gasteiger charge is -2.06. The standard InChI is InChI=1S/C12H7Cl2NO2/c13-10-2-1-5-15-12(10)17-9-4-3-8(7-16)11(14)6-9/h1-7H. The molecule has 5 heteroatoms. The van der Waals surface area contributed by atoms with Crippen LogP contribution in [0.15, 0.2) is 36.5 Å². The van der Waals surface area contributed by atoms with Crippen molar-refractivity contribution >= 4 is 29.5 Å². The van der Waals surface area contributed by atoms with Gasteiger partial charge in [0.25, 0.3) is 0 Å². The maximum Gasteiger partial charge on any atom is 0.238 e. The summed E-state index contributed by atoms with van der Waals surface area (Å²) in [6.45, 7) is 0. The van der Waals surface area contributed by atoms with Crippen LogP contribution in [-0.4, -0.2) is 11.3 Å². The molecule has 0 unspecified atom stereocenters. The highest BCUT2D eigenvalue weighted by Crippen LogP contribution is 2.28. The first kappa shape index (κ1) is 11.9. The highest BCUT2D eigenvalue weighted by molar-refractivity contribution is 6.33. The largest absolute Gasteiger partial charge is 0.437 e. The van der Waals surface area contributed by atoms with Gasteiger partial charge in [-0.05, 0) is 24.3 Å². The van der Waals surface area contributed by atoms with Gasteiger partial charge in [0.1, 0.15) is 10.8 Å². The first-order valence-corrected chi connectivity index (χ1v) is 5.49. The molecule has 1 aromatic heterocycles. The van der Waals surface area contributed by atoms with Gasteiger partial charge in [0.05, 0.1) is 5.02 Å². The number of halogens is 2. The van der Waals surface area contributed by atoms with Crippen LogP contribution in [0, 0.1) is 0 Å². The van der Waals surface area contributed by atoms with E-state index in [0.717, 1.165) is 0 Å². The van der Waals surface area contributed by atoms with Gasteiger partial charge in [-0.3, -0.25) is 4.79 Å². The summed E-state index contributed by atoms with van der Waals surface area (Å²) >= 11 is 11.8. The first-order chi connectivity index (χ1) is 8.20. The highest BCUT2D eigenvalue weighted by atomic mass is 35.5. The number of aromatic nitrogens is 1. The van der Waals surface area contributed by atoms with Crippen molar-refractivity contribution < 1.29 is 9.53 Å². The Kier molecular flexibility index (Phi) is 3.61. The van der Waals surface area contributed by atoms with Gasteiger partial charge in [-0.1, -0.05) is 23.2 Å². The van der Waals surface area contributed by atoms with Crippen molar-refractivity contribution in [1.82, 2.24) is 4.98 Å². The molecule has 1 aromatic carbocycles. The maximum absolute atomic E-state index is 10.6. The molecule has 2 aromatic rings. The predicted octanol–water partition coefficient (Wildman–Crippen LogP) is 3.99. The van der Waals surface area contributed by atoms with Crippen molar-refractivity contribution in [3.63, 3.8) is 0 Å². The van der Waals surface area contributed by atoms with E-state index in [1.54, 1.807) is 30.5 Å². The van der Waals surface area contributed by atoms with E-state index in [2.05, 4.69) is 4.98 Å². The zero-order chi connectivity index (χ0) is 12.3. The average molecular weight is 268 g/mol. The maximum atomic E-state index is 10.6. The molecular weight excluding hydrogens is 261 g/mol. The van der Waals surface area contributed by atoms with Crippen LogP contribution in [0.25, 0.3) is 0 Å². The molecule has 0 radical (unpaired) electrons. The van der Waals surface area contributed by atoms with Crippen molar-refractivity contribution in [3.05, 3.63) is 52.1 Å². The Labute approximate surface area is 108 Å². The van der Waals surface area contributed by atoms with Crippen LogP contribution in [0.4, 0.5) is 0 Å². The van der Waals surface area contributed by atoms with E-state index in [4.69, 9.17) is 27.9 Å². The fourth-order valence-corrected chi connectivity index (χ4v) is 1.60. The number of hydrogen-bond acceptors (Lipinski definition) is 3. The minimum atomic E-state index is 0.295. The molecule has 0 aliphatic rings. The van der Waals surface area contributed by atoms with Crippen LogP contribution in [0.3, 0.4) is 0 Å². The number of rotatable bonds is 3. The van der Waals surface area contributed by atoms with E-state index in [0.29, 0.717) is 33.5 Å². The fourth-order valence-electron chi connectivity index (χ4n) is 1.22. The van der Waals surface area contributed by atoms with Gasteiger partial charge >= 0.3 is 0 Å². The van der Waals surface area contributed by atoms with E-state index >= 15 is 0 Å². The number of aldehydes is 1. The van der Waals surface area contributed by atoms with Crippen LogP contribution in [0.1, 0.15) is 10.4 Å². The summed E-state index contributed by atoms with van der Waals surface area (Å²) in [5.41, 5.74) is 0.408. The van der Waals surface area contributed by atoms with Crippen molar-refractivity contribution in [2.45, 2.75) is 0 Å². The monoisotopic (exact) mass is 267 g/mol. The van der Waals surface area contributed by atoms with Crippen molar-refractivity contribution in [1.29, 1.82) is 0 Å². The lowest BCUT2D eigenvalue weighted by molar-refractivity contribution is 0.112. The summed E-state index contributed by atoms with van der Waals surface area (Å²) in [6.07, 6.45) is 2.25. The summed E-state index contributed by atoms with van der Waals surface area (Å²) in [5.74, 6) is 0.769. The van der Waals surface area contributed by atoms with Gasteiger partial charge in [0.15, 0.2) is 6.29 Å². The second-order valence-electron chi connectivity index (χ2n) is 3.19. The Morgan fingerprint density at radius 1 is 1.18 bits per heavy atom. The molecule has 0 atom stereocenters. The molecule has 0 bridgehead atoms. The van der Waals surface area contributed by atoms with Crippen molar-refractivity contribution in [3.8, 4) is 11.6 Å². The summed E-state index contributed by atoms with van der Waals surface area (Å²) < 4.78 is 5.45. The molecule has 2 rings (SSSR count). The van der Waals surface area contributed by atoms with Crippen molar-refractivity contribution in [2.75, 3.05) is 0 Å². The average Bonchev–Trinajstić information content (AvgIpc) is 2.32. The molecule has 0 N–H and O–H groups in total. The molecular formula is C12H7Cl2NO2. The summed E-state index contributed by atoms with van der Waals surface area (Å²) in [6, 6.07) is 8.11. The Bertz CT molecular complexity index is 558. The molecule has 1 heterocycles. The number of hydrogen-bond donors (Lipinski definition) is 0. The molecule has 0 fully saturated rings. The van der Waals surface area contributed by atoms with Crippen LogP contribution < -0.4 is 4.74 Å². The third-order valence-electron chi connectivity index (χ3n) is 2.04. The second-order valence-corrected chi connectivity index (χ2v) is 4.01. The molecule has 0 saturated heterocycles. The molecule has 0 saturated carbocycles. The zero-order valence-corrected chi connectivity index (χ0v) is 10.1. The summed E-state index contributed by atoms with van der Waals surface area (Å²) in [7, 11) is 0. The third kappa shape index (κ3) is 2.75. The fraction of sp³-hybridized carbons (Fsp3) is 0. The van der Waals surface area contributed by atoms with Gasteiger partial charge in [-0.2, -0.15) is 0 Å². The topological polar surface area (TPSA) is 39.2 Å². The van der Waals surface area contributed by atoms with E-state index in [-0.39, 0.29) is 0 Å². The molecule has 0 aliphatic carbocycles. The van der Waals surface area contributed by atoms with Crippen molar-refractivity contribution in [2.24, 2.45) is 0 Å². The summed E-state index contributed by atoms with van der Waals surface area (Å²) in [5, 5.41) is 0.729. The normalized spacial score (nSPS) is 10.0. The van der Waals surface area contributed by atoms with Crippen LogP contribution in [0.2, 0.25) is 10.0 Å². The number of carbonyl (C=O) groups excluding carboxylic acids is 1. The second kappa shape index (κ2) is 5.17. The van der Waals surface area contributed by atoms with Gasteiger partial charge in [-0.15, -0.1) is 0 Å². The Morgan fingerprint density at radius 2 is 2.00 bits per heavy atom. The lowest BCUT2D eigenvalue weighted by Crippen LogP contribution is -1.89. The molecule has 17 heavy (non-hydrogen) atoms. The number of nitrogens with zero attached hydrogens (tertiary/aromatic N) is 1. The Balaban J connectivity index is 2.28. The quantitative estimate of drug-likeness (QED) is 0.790. The van der Waals surface area contributed by atoms with Crippen LogP contribution >= 0.6 is 23.2 Å². The van der Waals surface area contributed by atoms with E-state index in [1.165, 1.54) is 6.07 Å². The smallest absolute Gasteiger partial charge is 0.238 e. The van der Waals surface area contributed by atoms with Gasteiger partial charge in [0, 0.05) is 17.8 Å². The Morgan fingerprint density at radius 3 is 2.65 bits per heavy atom. The van der Waals surface area contributed by atoms with Crippen LogP contribution in [-0.2, 0) is 0 Å². The predicted molar refractivity (Wildman–Crippen MR) is 66.2 cm³/mol. The molecule has 0 amide bonds.